The van der Waals surface area contributed by atoms with E-state index in [0.29, 0.717) is 11.3 Å². The molecule has 1 amide bonds. The van der Waals surface area contributed by atoms with Crippen LogP contribution in [0.4, 0.5) is 5.69 Å². The highest BCUT2D eigenvalue weighted by molar-refractivity contribution is 6.06. The molecule has 2 rings (SSSR count). The molecule has 0 saturated carbocycles. The Morgan fingerprint density at radius 2 is 1.57 bits per heavy atom. The summed E-state index contributed by atoms with van der Waals surface area (Å²) < 4.78 is 0. The predicted octanol–water partition coefficient (Wildman–Crippen LogP) is 2.51. The van der Waals surface area contributed by atoms with Gasteiger partial charge in [0.2, 0.25) is 0 Å². The van der Waals surface area contributed by atoms with Crippen LogP contribution in [0.1, 0.15) is 16.8 Å². The maximum Gasteiger partial charge on any atom is 0.305 e. The first-order valence-electron chi connectivity index (χ1n) is 6.45. The first-order chi connectivity index (χ1) is 10.1. The average Bonchev–Trinajstić information content (AvgIpc) is 2.49. The van der Waals surface area contributed by atoms with Crippen LogP contribution in [0, 0.1) is 0 Å². The number of carbonyl (C=O) groups is 2. The van der Waals surface area contributed by atoms with Gasteiger partial charge in [0.1, 0.15) is 5.75 Å². The average molecular weight is 285 g/mol. The molecule has 0 radical (unpaired) electrons. The van der Waals surface area contributed by atoms with Gasteiger partial charge in [0.15, 0.2) is 0 Å². The summed E-state index contributed by atoms with van der Waals surface area (Å²) in [5, 5.41) is 18.1. The van der Waals surface area contributed by atoms with E-state index in [1.165, 1.54) is 29.2 Å². The van der Waals surface area contributed by atoms with Gasteiger partial charge in [0, 0.05) is 17.8 Å². The molecule has 0 fully saturated rings. The number of benzene rings is 2. The number of anilines is 1. The lowest BCUT2D eigenvalue weighted by atomic mass is 10.1. The fraction of sp³-hybridized carbons (Fsp3) is 0.125. The van der Waals surface area contributed by atoms with Crippen LogP contribution in [-0.4, -0.2) is 28.6 Å². The number of phenols is 1. The summed E-state index contributed by atoms with van der Waals surface area (Å²) in [4.78, 5) is 24.7. The number of hydrogen-bond acceptors (Lipinski definition) is 3. The van der Waals surface area contributed by atoms with Crippen LogP contribution < -0.4 is 4.90 Å². The van der Waals surface area contributed by atoms with Crippen molar-refractivity contribution < 1.29 is 19.8 Å². The second kappa shape index (κ2) is 6.56. The fourth-order valence-corrected chi connectivity index (χ4v) is 1.92. The van der Waals surface area contributed by atoms with Crippen LogP contribution >= 0.6 is 0 Å². The number of nitrogens with zero attached hydrogens (tertiary/aromatic N) is 1. The highest BCUT2D eigenvalue weighted by Crippen LogP contribution is 2.18. The summed E-state index contributed by atoms with van der Waals surface area (Å²) >= 11 is 0. The number of para-hydroxylation sites is 1. The molecule has 0 aliphatic heterocycles. The number of rotatable bonds is 5. The molecule has 2 aromatic rings. The maximum atomic E-state index is 12.5. The molecule has 0 unspecified atom stereocenters. The highest BCUT2D eigenvalue weighted by Gasteiger charge is 2.18. The number of phenolic OH excluding ortho intramolecular Hbond substituents is 1. The SMILES string of the molecule is O=C(O)CCN(C(=O)c1ccc(O)cc1)c1ccccc1. The first-order valence-corrected chi connectivity index (χ1v) is 6.45. The molecule has 0 bridgehead atoms. The van der Waals surface area contributed by atoms with Gasteiger partial charge in [-0.1, -0.05) is 18.2 Å². The third-order valence-corrected chi connectivity index (χ3v) is 2.98. The van der Waals surface area contributed by atoms with Crippen molar-refractivity contribution in [1.29, 1.82) is 0 Å². The molecule has 108 valence electrons. The summed E-state index contributed by atoms with van der Waals surface area (Å²) in [6.45, 7) is 0.0824. The van der Waals surface area contributed by atoms with Crippen molar-refractivity contribution in [2.24, 2.45) is 0 Å². The Kier molecular flexibility index (Phi) is 4.56. The van der Waals surface area contributed by atoms with Gasteiger partial charge in [-0.05, 0) is 36.4 Å². The quantitative estimate of drug-likeness (QED) is 0.884. The summed E-state index contributed by atoms with van der Waals surface area (Å²) in [5.74, 6) is -1.19. The molecule has 5 heteroatoms. The lowest BCUT2D eigenvalue weighted by Gasteiger charge is -2.22. The van der Waals surface area contributed by atoms with Crippen molar-refractivity contribution in [3.05, 3.63) is 60.2 Å². The number of carbonyl (C=O) groups excluding carboxylic acids is 1. The van der Waals surface area contributed by atoms with Gasteiger partial charge in [0.25, 0.3) is 5.91 Å². The predicted molar refractivity (Wildman–Crippen MR) is 78.5 cm³/mol. The summed E-state index contributed by atoms with van der Waals surface area (Å²) in [5.41, 5.74) is 1.03. The molecular weight excluding hydrogens is 270 g/mol. The van der Waals surface area contributed by atoms with Crippen LogP contribution in [0.2, 0.25) is 0 Å². The van der Waals surface area contributed by atoms with Crippen molar-refractivity contribution in [2.45, 2.75) is 6.42 Å². The smallest absolute Gasteiger partial charge is 0.305 e. The number of hydrogen-bond donors (Lipinski definition) is 2. The Hall–Kier alpha value is -2.82. The second-order valence-corrected chi connectivity index (χ2v) is 4.48. The number of carboxylic acid groups (broad SMARTS) is 1. The van der Waals surface area contributed by atoms with Crippen molar-refractivity contribution in [3.63, 3.8) is 0 Å². The standard InChI is InChI=1S/C16H15NO4/c18-14-8-6-12(7-9-14)16(21)17(11-10-15(19)20)13-4-2-1-3-5-13/h1-9,18H,10-11H2,(H,19,20). The van der Waals surface area contributed by atoms with E-state index in [4.69, 9.17) is 5.11 Å². The zero-order chi connectivity index (χ0) is 15.2. The van der Waals surface area contributed by atoms with Crippen LogP contribution in [0.5, 0.6) is 5.75 Å². The molecule has 0 saturated heterocycles. The number of aliphatic carboxylic acids is 1. The van der Waals surface area contributed by atoms with E-state index < -0.39 is 5.97 Å². The molecule has 5 nitrogen and oxygen atoms in total. The third-order valence-electron chi connectivity index (χ3n) is 2.98. The molecule has 0 aromatic heterocycles. The lowest BCUT2D eigenvalue weighted by molar-refractivity contribution is -0.136. The fourth-order valence-electron chi connectivity index (χ4n) is 1.92. The Balaban J connectivity index is 2.28. The molecule has 0 aliphatic rings. The van der Waals surface area contributed by atoms with Gasteiger partial charge in [0.05, 0.1) is 6.42 Å². The van der Waals surface area contributed by atoms with E-state index in [0.717, 1.165) is 0 Å². The number of amides is 1. The van der Waals surface area contributed by atoms with Gasteiger partial charge >= 0.3 is 5.97 Å². The molecule has 2 aromatic carbocycles. The van der Waals surface area contributed by atoms with Crippen molar-refractivity contribution in [1.82, 2.24) is 0 Å². The summed E-state index contributed by atoms with van der Waals surface area (Å²) in [7, 11) is 0. The minimum Gasteiger partial charge on any atom is -0.508 e. The van der Waals surface area contributed by atoms with E-state index in [1.807, 2.05) is 6.07 Å². The first kappa shape index (κ1) is 14.6. The molecule has 21 heavy (non-hydrogen) atoms. The molecule has 0 heterocycles. The Bertz CT molecular complexity index is 622. The lowest BCUT2D eigenvalue weighted by Crippen LogP contribution is -2.33. The largest absolute Gasteiger partial charge is 0.508 e. The van der Waals surface area contributed by atoms with E-state index in [-0.39, 0.29) is 24.6 Å². The molecule has 0 atom stereocenters. The molecule has 0 spiro atoms. The number of carboxylic acids is 1. The van der Waals surface area contributed by atoms with Crippen LogP contribution in [0.25, 0.3) is 0 Å². The van der Waals surface area contributed by atoms with Crippen LogP contribution in [0.15, 0.2) is 54.6 Å². The minimum absolute atomic E-state index is 0.0725. The van der Waals surface area contributed by atoms with Gasteiger partial charge in [-0.2, -0.15) is 0 Å². The van der Waals surface area contributed by atoms with Gasteiger partial charge < -0.3 is 15.1 Å². The minimum atomic E-state index is -0.963. The number of aromatic hydroxyl groups is 1. The molecular formula is C16H15NO4. The zero-order valence-corrected chi connectivity index (χ0v) is 11.3. The van der Waals surface area contributed by atoms with Crippen molar-refractivity contribution in [3.8, 4) is 5.75 Å². The summed E-state index contributed by atoms with van der Waals surface area (Å²) in [6.07, 6.45) is -0.140. The van der Waals surface area contributed by atoms with E-state index in [2.05, 4.69) is 0 Å². The monoisotopic (exact) mass is 285 g/mol. The topological polar surface area (TPSA) is 77.8 Å². The van der Waals surface area contributed by atoms with E-state index in [1.54, 1.807) is 24.3 Å². The Morgan fingerprint density at radius 1 is 0.952 bits per heavy atom. The van der Waals surface area contributed by atoms with Crippen LogP contribution in [-0.2, 0) is 4.79 Å². The second-order valence-electron chi connectivity index (χ2n) is 4.48. The summed E-state index contributed by atoms with van der Waals surface area (Å²) in [6, 6.07) is 14.8. The molecule has 2 N–H and O–H groups in total. The van der Waals surface area contributed by atoms with E-state index in [9.17, 15) is 14.7 Å². The maximum absolute atomic E-state index is 12.5. The molecule has 0 aliphatic carbocycles. The third kappa shape index (κ3) is 3.82. The Labute approximate surface area is 122 Å². The highest BCUT2D eigenvalue weighted by atomic mass is 16.4. The van der Waals surface area contributed by atoms with Crippen molar-refractivity contribution in [2.75, 3.05) is 11.4 Å². The Morgan fingerprint density at radius 3 is 2.14 bits per heavy atom. The van der Waals surface area contributed by atoms with Crippen LogP contribution in [0.3, 0.4) is 0 Å². The van der Waals surface area contributed by atoms with E-state index >= 15 is 0 Å². The zero-order valence-electron chi connectivity index (χ0n) is 11.3. The normalized spacial score (nSPS) is 10.1. The van der Waals surface area contributed by atoms with Gasteiger partial charge in [-0.25, -0.2) is 0 Å². The van der Waals surface area contributed by atoms with Gasteiger partial charge in [-0.15, -0.1) is 0 Å². The van der Waals surface area contributed by atoms with Gasteiger partial charge in [-0.3, -0.25) is 9.59 Å². The van der Waals surface area contributed by atoms with Crippen molar-refractivity contribution >= 4 is 17.6 Å².